The van der Waals surface area contributed by atoms with E-state index in [2.05, 4.69) is 217 Å². The van der Waals surface area contributed by atoms with Crippen LogP contribution in [0.3, 0.4) is 0 Å². The minimum atomic E-state index is 1.13. The fourth-order valence-corrected chi connectivity index (χ4v) is 8.92. The zero-order valence-corrected chi connectivity index (χ0v) is 30.2. The van der Waals surface area contributed by atoms with E-state index in [1.165, 1.54) is 86.9 Å². The molecule has 55 heavy (non-hydrogen) atoms. The van der Waals surface area contributed by atoms with E-state index in [1.807, 2.05) is 0 Å². The van der Waals surface area contributed by atoms with Gasteiger partial charge < -0.3 is 4.90 Å². The van der Waals surface area contributed by atoms with Crippen molar-refractivity contribution in [1.29, 1.82) is 0 Å². The SMILES string of the molecule is c1ccc(-c2c3ccccc3c(-c3ccccc3)c3cc4c5cc6ccccc6cc5c5cc(N(c6ccccc6)c6ccccc6)ccc5c4cc23)cc1. The second-order valence-corrected chi connectivity index (χ2v) is 14.5. The highest BCUT2D eigenvalue weighted by molar-refractivity contribution is 6.32. The lowest BCUT2D eigenvalue weighted by molar-refractivity contribution is 1.29. The van der Waals surface area contributed by atoms with Crippen molar-refractivity contribution >= 4 is 81.7 Å². The molecule has 11 aromatic rings. The fourth-order valence-electron chi connectivity index (χ4n) is 8.92. The van der Waals surface area contributed by atoms with Crippen LogP contribution in [0.5, 0.6) is 0 Å². The summed E-state index contributed by atoms with van der Waals surface area (Å²) in [6.07, 6.45) is 0. The van der Waals surface area contributed by atoms with Crippen LogP contribution in [0.4, 0.5) is 17.1 Å². The summed E-state index contributed by atoms with van der Waals surface area (Å²) in [4.78, 5) is 2.36. The van der Waals surface area contributed by atoms with Crippen LogP contribution in [0.25, 0.3) is 86.9 Å². The molecule has 0 aliphatic rings. The molecule has 0 bridgehead atoms. The van der Waals surface area contributed by atoms with Gasteiger partial charge in [-0.3, -0.25) is 0 Å². The first-order valence-electron chi connectivity index (χ1n) is 19.0. The van der Waals surface area contributed by atoms with E-state index in [-0.39, 0.29) is 0 Å². The monoisotopic (exact) mass is 697 g/mol. The molecule has 0 aliphatic heterocycles. The van der Waals surface area contributed by atoms with Crippen molar-refractivity contribution in [1.82, 2.24) is 0 Å². The number of hydrogen-bond acceptors (Lipinski definition) is 1. The van der Waals surface area contributed by atoms with Crippen LogP contribution >= 0.6 is 0 Å². The van der Waals surface area contributed by atoms with Gasteiger partial charge in [0.1, 0.15) is 0 Å². The van der Waals surface area contributed by atoms with Gasteiger partial charge in [-0.05, 0) is 148 Å². The molecule has 0 saturated heterocycles. The Hall–Kier alpha value is -7.22. The Morgan fingerprint density at radius 1 is 0.218 bits per heavy atom. The van der Waals surface area contributed by atoms with Gasteiger partial charge in [0.15, 0.2) is 0 Å². The maximum Gasteiger partial charge on any atom is 0.0468 e. The van der Waals surface area contributed by atoms with Gasteiger partial charge in [-0.2, -0.15) is 0 Å². The van der Waals surface area contributed by atoms with Gasteiger partial charge in [0.05, 0.1) is 0 Å². The molecule has 0 aliphatic carbocycles. The van der Waals surface area contributed by atoms with E-state index >= 15 is 0 Å². The zero-order chi connectivity index (χ0) is 36.3. The molecular weight excluding hydrogens is 663 g/mol. The predicted molar refractivity (Wildman–Crippen MR) is 237 cm³/mol. The summed E-state index contributed by atoms with van der Waals surface area (Å²) < 4.78 is 0. The maximum atomic E-state index is 2.50. The van der Waals surface area contributed by atoms with Crippen LogP contribution in [-0.2, 0) is 0 Å². The van der Waals surface area contributed by atoms with Gasteiger partial charge in [0.2, 0.25) is 0 Å². The van der Waals surface area contributed by atoms with Crippen LogP contribution < -0.4 is 4.90 Å². The summed E-state index contributed by atoms with van der Waals surface area (Å²) in [5.74, 6) is 0. The van der Waals surface area contributed by atoms with Gasteiger partial charge in [-0.25, -0.2) is 0 Å². The third kappa shape index (κ3) is 5.09. The van der Waals surface area contributed by atoms with Crippen LogP contribution in [-0.4, -0.2) is 0 Å². The molecule has 1 nitrogen and oxygen atoms in total. The van der Waals surface area contributed by atoms with Gasteiger partial charge in [0.25, 0.3) is 0 Å². The van der Waals surface area contributed by atoms with Crippen LogP contribution in [0, 0.1) is 0 Å². The Morgan fingerprint density at radius 3 is 1.09 bits per heavy atom. The van der Waals surface area contributed by atoms with E-state index in [0.29, 0.717) is 0 Å². The molecule has 0 radical (unpaired) electrons. The topological polar surface area (TPSA) is 3.24 Å². The second-order valence-electron chi connectivity index (χ2n) is 14.5. The quantitative estimate of drug-likeness (QED) is 0.128. The minimum Gasteiger partial charge on any atom is -0.310 e. The third-order valence-corrected chi connectivity index (χ3v) is 11.3. The number of benzene rings is 11. The molecule has 1 heteroatoms. The van der Waals surface area contributed by atoms with Crippen molar-refractivity contribution in [3.8, 4) is 22.3 Å². The zero-order valence-electron chi connectivity index (χ0n) is 30.2. The first-order chi connectivity index (χ1) is 27.3. The lowest BCUT2D eigenvalue weighted by Gasteiger charge is -2.26. The lowest BCUT2D eigenvalue weighted by Crippen LogP contribution is -2.09. The van der Waals surface area contributed by atoms with Crippen molar-refractivity contribution in [2.75, 3.05) is 4.90 Å². The highest BCUT2D eigenvalue weighted by Gasteiger charge is 2.21. The average molecular weight is 698 g/mol. The summed E-state index contributed by atoms with van der Waals surface area (Å²) in [6.45, 7) is 0. The van der Waals surface area contributed by atoms with Crippen molar-refractivity contribution in [2.45, 2.75) is 0 Å². The van der Waals surface area contributed by atoms with Crippen molar-refractivity contribution < 1.29 is 0 Å². The molecule has 0 spiro atoms. The number of nitrogens with zero attached hydrogens (tertiary/aromatic N) is 1. The van der Waals surface area contributed by atoms with Crippen LogP contribution in [0.15, 0.2) is 212 Å². The van der Waals surface area contributed by atoms with E-state index in [1.54, 1.807) is 0 Å². The molecule has 0 heterocycles. The Bertz CT molecular complexity index is 3190. The van der Waals surface area contributed by atoms with E-state index in [9.17, 15) is 0 Å². The van der Waals surface area contributed by atoms with Gasteiger partial charge in [0, 0.05) is 17.1 Å². The van der Waals surface area contributed by atoms with Crippen molar-refractivity contribution in [3.05, 3.63) is 212 Å². The molecule has 0 unspecified atom stereocenters. The van der Waals surface area contributed by atoms with E-state index < -0.39 is 0 Å². The summed E-state index contributed by atoms with van der Waals surface area (Å²) in [6, 6.07) is 77.8. The molecule has 11 rings (SSSR count). The average Bonchev–Trinajstić information content (AvgIpc) is 3.26. The Kier molecular flexibility index (Phi) is 7.25. The van der Waals surface area contributed by atoms with E-state index in [4.69, 9.17) is 0 Å². The van der Waals surface area contributed by atoms with Gasteiger partial charge in [-0.1, -0.05) is 152 Å². The largest absolute Gasteiger partial charge is 0.310 e. The summed E-state index contributed by atoms with van der Waals surface area (Å²) in [5.41, 5.74) is 8.38. The summed E-state index contributed by atoms with van der Waals surface area (Å²) >= 11 is 0. The highest BCUT2D eigenvalue weighted by atomic mass is 15.1. The lowest BCUT2D eigenvalue weighted by atomic mass is 9.83. The highest BCUT2D eigenvalue weighted by Crippen LogP contribution is 2.48. The molecular formula is C54H35N. The fraction of sp³-hybridized carbons (Fsp3) is 0. The molecule has 256 valence electrons. The number of rotatable bonds is 5. The number of anilines is 3. The van der Waals surface area contributed by atoms with Crippen LogP contribution in [0.2, 0.25) is 0 Å². The number of para-hydroxylation sites is 2. The summed E-state index contributed by atoms with van der Waals surface area (Å²) in [7, 11) is 0. The molecule has 0 fully saturated rings. The number of fused-ring (bicyclic) bond motifs is 9. The van der Waals surface area contributed by atoms with Gasteiger partial charge >= 0.3 is 0 Å². The normalized spacial score (nSPS) is 11.6. The summed E-state index contributed by atoms with van der Waals surface area (Å²) in [5, 5.41) is 15.1. The van der Waals surface area contributed by atoms with Gasteiger partial charge in [-0.15, -0.1) is 0 Å². The second kappa shape index (κ2) is 12.7. The first-order valence-corrected chi connectivity index (χ1v) is 19.0. The van der Waals surface area contributed by atoms with Crippen molar-refractivity contribution in [3.63, 3.8) is 0 Å². The molecule has 0 atom stereocenters. The number of hydrogen-bond donors (Lipinski definition) is 0. The minimum absolute atomic E-state index is 1.13. The van der Waals surface area contributed by atoms with Crippen molar-refractivity contribution in [2.24, 2.45) is 0 Å². The third-order valence-electron chi connectivity index (χ3n) is 11.3. The Balaban J connectivity index is 1.32. The Morgan fingerprint density at radius 2 is 0.600 bits per heavy atom. The molecule has 0 amide bonds. The van der Waals surface area contributed by atoms with E-state index in [0.717, 1.165) is 17.1 Å². The molecule has 0 N–H and O–H groups in total. The maximum absolute atomic E-state index is 2.50. The molecule has 0 saturated carbocycles. The molecule has 11 aromatic carbocycles. The molecule has 0 aromatic heterocycles. The standard InChI is InChI=1S/C54H35N/c1-5-17-36(18-6-1)53-44-27-15-16-28-45(44)54(37-19-7-2-8-20-37)52-35-50-47-32-39-22-14-13-21-38(39)31-46(47)48-33-42(29-30-43(48)49(50)34-51(52)53)55(40-23-9-3-10-24-40)41-25-11-4-12-26-41/h1-35H. The predicted octanol–water partition coefficient (Wildman–Crippen LogP) is 15.4. The Labute approximate surface area is 320 Å². The van der Waals surface area contributed by atoms with Crippen LogP contribution in [0.1, 0.15) is 0 Å². The smallest absolute Gasteiger partial charge is 0.0468 e. The first kappa shape index (κ1) is 31.3.